The van der Waals surface area contributed by atoms with Gasteiger partial charge in [0.2, 0.25) is 0 Å². The summed E-state index contributed by atoms with van der Waals surface area (Å²) in [6.45, 7) is 7.68. The van der Waals surface area contributed by atoms with E-state index in [9.17, 15) is 0 Å². The fraction of sp³-hybridized carbons (Fsp3) is 0.375. The maximum atomic E-state index is 4.58. The molecule has 1 aliphatic rings. The van der Waals surface area contributed by atoms with Gasteiger partial charge in [-0.1, -0.05) is 0 Å². The average molecular weight is 309 g/mol. The second kappa shape index (κ2) is 5.49. The lowest BCUT2D eigenvalue weighted by Gasteiger charge is -2.36. The molecule has 3 aromatic heterocycles. The number of aryl methyl sites for hydroxylation is 2. The van der Waals surface area contributed by atoms with Gasteiger partial charge in [-0.2, -0.15) is 5.10 Å². The van der Waals surface area contributed by atoms with E-state index in [-0.39, 0.29) is 0 Å². The van der Waals surface area contributed by atoms with Crippen LogP contribution in [-0.2, 0) is 0 Å². The molecule has 118 valence electrons. The van der Waals surface area contributed by atoms with Gasteiger partial charge in [-0.3, -0.25) is 0 Å². The zero-order chi connectivity index (χ0) is 15.8. The fourth-order valence-corrected chi connectivity index (χ4v) is 3.03. The molecule has 1 saturated heterocycles. The molecule has 0 radical (unpaired) electrons. The Morgan fingerprint density at radius 1 is 0.870 bits per heavy atom. The molecule has 23 heavy (non-hydrogen) atoms. The third-order valence-corrected chi connectivity index (χ3v) is 4.18. The van der Waals surface area contributed by atoms with Crippen LogP contribution in [0.2, 0.25) is 0 Å². The second-order valence-corrected chi connectivity index (χ2v) is 5.86. The Hall–Kier alpha value is -2.70. The summed E-state index contributed by atoms with van der Waals surface area (Å²) in [5.74, 6) is 2.01. The van der Waals surface area contributed by atoms with Gasteiger partial charge in [-0.05, 0) is 19.9 Å². The molecule has 4 heterocycles. The number of nitrogens with zero attached hydrogens (tertiary/aromatic N) is 7. The van der Waals surface area contributed by atoms with E-state index in [2.05, 4.69) is 35.9 Å². The van der Waals surface area contributed by atoms with Crippen LogP contribution in [0, 0.1) is 13.8 Å². The summed E-state index contributed by atoms with van der Waals surface area (Å²) < 4.78 is 1.90. The van der Waals surface area contributed by atoms with E-state index >= 15 is 0 Å². The molecule has 0 N–H and O–H groups in total. The van der Waals surface area contributed by atoms with Crippen molar-refractivity contribution < 1.29 is 0 Å². The molecule has 0 saturated carbocycles. The number of hydrogen-bond donors (Lipinski definition) is 0. The zero-order valence-electron chi connectivity index (χ0n) is 13.3. The maximum Gasteiger partial charge on any atom is 0.154 e. The topological polar surface area (TPSA) is 62.5 Å². The second-order valence-electron chi connectivity index (χ2n) is 5.86. The van der Waals surface area contributed by atoms with E-state index in [1.807, 2.05) is 36.8 Å². The summed E-state index contributed by atoms with van der Waals surface area (Å²) in [7, 11) is 0. The van der Waals surface area contributed by atoms with Crippen LogP contribution in [0.15, 0.2) is 30.9 Å². The first-order valence-electron chi connectivity index (χ1n) is 7.80. The van der Waals surface area contributed by atoms with E-state index < -0.39 is 0 Å². The average Bonchev–Trinajstić information content (AvgIpc) is 2.95. The van der Waals surface area contributed by atoms with Crippen molar-refractivity contribution in [2.45, 2.75) is 13.8 Å². The lowest BCUT2D eigenvalue weighted by Crippen LogP contribution is -2.47. The summed E-state index contributed by atoms with van der Waals surface area (Å²) in [6.07, 6.45) is 5.34. The maximum absolute atomic E-state index is 4.58. The largest absolute Gasteiger partial charge is 0.353 e. The highest BCUT2D eigenvalue weighted by atomic mass is 15.3. The molecule has 1 aliphatic heterocycles. The third kappa shape index (κ3) is 2.58. The fourth-order valence-electron chi connectivity index (χ4n) is 3.03. The van der Waals surface area contributed by atoms with Crippen LogP contribution < -0.4 is 9.80 Å². The SMILES string of the molecule is Cc1cc(N2CCN(c3nccn4nc(C)cc34)CC2)ncn1. The molecule has 7 heteroatoms. The molecule has 0 atom stereocenters. The standard InChI is InChI=1S/C16H19N7/c1-12-10-15(19-11-18-12)21-5-7-22(8-6-21)16-14-9-13(2)20-23(14)4-3-17-16/h3-4,9-11H,5-8H2,1-2H3. The van der Waals surface area contributed by atoms with Gasteiger partial charge >= 0.3 is 0 Å². The minimum atomic E-state index is 0.917. The number of hydrogen-bond acceptors (Lipinski definition) is 6. The molecule has 3 aromatic rings. The Labute approximate surface area is 134 Å². The molecule has 0 bridgehead atoms. The molecule has 1 fully saturated rings. The van der Waals surface area contributed by atoms with Gasteiger partial charge in [0.25, 0.3) is 0 Å². The van der Waals surface area contributed by atoms with E-state index in [1.165, 1.54) is 0 Å². The van der Waals surface area contributed by atoms with Crippen molar-refractivity contribution in [3.05, 3.63) is 42.2 Å². The first-order valence-corrected chi connectivity index (χ1v) is 7.80. The van der Waals surface area contributed by atoms with Crippen molar-refractivity contribution in [3.8, 4) is 0 Å². The predicted octanol–water partition coefficient (Wildman–Crippen LogP) is 1.46. The number of aromatic nitrogens is 5. The molecule has 4 rings (SSSR count). The highest BCUT2D eigenvalue weighted by molar-refractivity contribution is 5.69. The molecular weight excluding hydrogens is 290 g/mol. The van der Waals surface area contributed by atoms with Gasteiger partial charge in [-0.25, -0.2) is 19.5 Å². The molecule has 0 amide bonds. The quantitative estimate of drug-likeness (QED) is 0.714. The van der Waals surface area contributed by atoms with Gasteiger partial charge in [0.1, 0.15) is 17.7 Å². The normalized spacial score (nSPS) is 15.4. The van der Waals surface area contributed by atoms with Gasteiger partial charge in [-0.15, -0.1) is 0 Å². The molecule has 0 spiro atoms. The summed E-state index contributed by atoms with van der Waals surface area (Å²) in [5.41, 5.74) is 3.07. The van der Waals surface area contributed by atoms with Crippen LogP contribution in [0.4, 0.5) is 11.6 Å². The Balaban J connectivity index is 1.55. The highest BCUT2D eigenvalue weighted by Crippen LogP contribution is 2.22. The summed E-state index contributed by atoms with van der Waals surface area (Å²) in [4.78, 5) is 17.7. The number of piperazine rings is 1. The van der Waals surface area contributed by atoms with Crippen molar-refractivity contribution in [2.75, 3.05) is 36.0 Å². The zero-order valence-corrected chi connectivity index (χ0v) is 13.3. The van der Waals surface area contributed by atoms with Gasteiger partial charge in [0, 0.05) is 50.3 Å². The van der Waals surface area contributed by atoms with Crippen molar-refractivity contribution in [1.82, 2.24) is 24.6 Å². The molecule has 0 aliphatic carbocycles. The smallest absolute Gasteiger partial charge is 0.154 e. The van der Waals surface area contributed by atoms with Crippen molar-refractivity contribution >= 4 is 17.2 Å². The van der Waals surface area contributed by atoms with E-state index in [0.29, 0.717) is 0 Å². The first kappa shape index (κ1) is 13.9. The predicted molar refractivity (Wildman–Crippen MR) is 88.9 cm³/mol. The van der Waals surface area contributed by atoms with Crippen molar-refractivity contribution in [2.24, 2.45) is 0 Å². The van der Waals surface area contributed by atoms with Gasteiger partial charge in [0.05, 0.1) is 5.69 Å². The van der Waals surface area contributed by atoms with E-state index in [4.69, 9.17) is 0 Å². The minimum absolute atomic E-state index is 0.917. The lowest BCUT2D eigenvalue weighted by molar-refractivity contribution is 0.640. The highest BCUT2D eigenvalue weighted by Gasteiger charge is 2.21. The lowest BCUT2D eigenvalue weighted by atomic mass is 10.3. The van der Waals surface area contributed by atoms with Gasteiger partial charge < -0.3 is 9.80 Å². The Bertz CT molecular complexity index is 833. The Morgan fingerprint density at radius 2 is 1.65 bits per heavy atom. The van der Waals surface area contributed by atoms with E-state index in [1.54, 1.807) is 6.33 Å². The van der Waals surface area contributed by atoms with Crippen LogP contribution in [0.1, 0.15) is 11.4 Å². The first-order chi connectivity index (χ1) is 11.2. The minimum Gasteiger partial charge on any atom is -0.353 e. The molecule has 0 aromatic carbocycles. The number of rotatable bonds is 2. The monoisotopic (exact) mass is 309 g/mol. The van der Waals surface area contributed by atoms with E-state index in [0.717, 1.165) is 54.7 Å². The molecule has 0 unspecified atom stereocenters. The van der Waals surface area contributed by atoms with Crippen LogP contribution in [0.3, 0.4) is 0 Å². The Morgan fingerprint density at radius 3 is 2.43 bits per heavy atom. The molecular formula is C16H19N7. The van der Waals surface area contributed by atoms with Crippen LogP contribution in [0.25, 0.3) is 5.52 Å². The van der Waals surface area contributed by atoms with Crippen LogP contribution >= 0.6 is 0 Å². The third-order valence-electron chi connectivity index (χ3n) is 4.18. The molecule has 7 nitrogen and oxygen atoms in total. The number of fused-ring (bicyclic) bond motifs is 1. The van der Waals surface area contributed by atoms with Crippen LogP contribution in [-0.4, -0.2) is 50.7 Å². The number of anilines is 2. The Kier molecular flexibility index (Phi) is 3.33. The summed E-state index contributed by atoms with van der Waals surface area (Å²) in [6, 6.07) is 4.12. The van der Waals surface area contributed by atoms with Crippen molar-refractivity contribution in [1.29, 1.82) is 0 Å². The van der Waals surface area contributed by atoms with Crippen molar-refractivity contribution in [3.63, 3.8) is 0 Å². The summed E-state index contributed by atoms with van der Waals surface area (Å²) in [5, 5.41) is 4.46. The van der Waals surface area contributed by atoms with Crippen LogP contribution in [0.5, 0.6) is 0 Å². The van der Waals surface area contributed by atoms with Gasteiger partial charge in [0.15, 0.2) is 5.82 Å². The summed E-state index contributed by atoms with van der Waals surface area (Å²) >= 11 is 0.